The molecule has 10 nitrogen and oxygen atoms in total. The van der Waals surface area contributed by atoms with Crippen molar-refractivity contribution in [3.8, 4) is 0 Å². The molecule has 0 fully saturated rings. The topological polar surface area (TPSA) is 171 Å². The summed E-state index contributed by atoms with van der Waals surface area (Å²) in [6.07, 6.45) is 3.53. The number of aliphatic hydroxyl groups is 1. The highest BCUT2D eigenvalue weighted by molar-refractivity contribution is 7.98. The number of nitrogens with two attached hydrogens (primary N) is 1. The number of aliphatic carboxylic acids is 1. The van der Waals surface area contributed by atoms with Crippen molar-refractivity contribution in [1.29, 1.82) is 0 Å². The summed E-state index contributed by atoms with van der Waals surface area (Å²) in [5.41, 5.74) is 5.90. The Balaban J connectivity index is 5.40. The van der Waals surface area contributed by atoms with Gasteiger partial charge in [-0.25, -0.2) is 4.79 Å². The average molecular weight is 495 g/mol. The summed E-state index contributed by atoms with van der Waals surface area (Å²) in [6, 6.07) is -4.16. The van der Waals surface area contributed by atoms with Crippen LogP contribution in [0, 0.1) is 5.92 Å². The molecule has 0 bridgehead atoms. The fourth-order valence-corrected chi connectivity index (χ4v) is 3.74. The summed E-state index contributed by atoms with van der Waals surface area (Å²) in [4.78, 5) is 49.4. The number of thioether (sulfide) groups is 2. The maximum absolute atomic E-state index is 12.9. The van der Waals surface area contributed by atoms with Gasteiger partial charge in [0.05, 0.1) is 12.1 Å². The summed E-state index contributed by atoms with van der Waals surface area (Å²) in [5, 5.41) is 26.4. The Bertz CT molecular complexity index is 621. The van der Waals surface area contributed by atoms with Gasteiger partial charge in [-0.05, 0) is 56.1 Å². The molecule has 0 aromatic carbocycles. The van der Waals surface area contributed by atoms with Gasteiger partial charge in [-0.3, -0.25) is 14.4 Å². The Morgan fingerprint density at radius 1 is 0.844 bits per heavy atom. The number of hydrogen-bond donors (Lipinski definition) is 6. The van der Waals surface area contributed by atoms with Gasteiger partial charge in [0.1, 0.15) is 12.1 Å². The van der Waals surface area contributed by atoms with E-state index >= 15 is 0 Å². The van der Waals surface area contributed by atoms with Crippen molar-refractivity contribution >= 4 is 47.2 Å². The lowest BCUT2D eigenvalue weighted by Crippen LogP contribution is -2.58. The van der Waals surface area contributed by atoms with Crippen LogP contribution in [0.4, 0.5) is 0 Å². The van der Waals surface area contributed by atoms with E-state index < -0.39 is 54.0 Å². The van der Waals surface area contributed by atoms with Gasteiger partial charge in [0.2, 0.25) is 17.7 Å². The number of rotatable bonds is 16. The first kappa shape index (κ1) is 30.5. The fraction of sp³-hybridized carbons (Fsp3) is 0.800. The zero-order valence-electron chi connectivity index (χ0n) is 19.4. The molecular formula is C20H38N4O6S2. The van der Waals surface area contributed by atoms with Gasteiger partial charge in [-0.15, -0.1) is 0 Å². The van der Waals surface area contributed by atoms with E-state index in [2.05, 4.69) is 16.0 Å². The van der Waals surface area contributed by atoms with Crippen LogP contribution in [0.1, 0.15) is 40.0 Å². The summed E-state index contributed by atoms with van der Waals surface area (Å²) >= 11 is 3.07. The van der Waals surface area contributed by atoms with Crippen LogP contribution in [0.3, 0.4) is 0 Å². The maximum Gasteiger partial charge on any atom is 0.328 e. The molecule has 12 heteroatoms. The second-order valence-corrected chi connectivity index (χ2v) is 9.96. The third-order valence-electron chi connectivity index (χ3n) is 4.60. The second-order valence-electron chi connectivity index (χ2n) is 7.99. The molecule has 0 aliphatic rings. The first-order valence-electron chi connectivity index (χ1n) is 10.5. The molecule has 3 amide bonds. The molecule has 0 saturated heterocycles. The SMILES string of the molecule is CSCCC(N)C(=O)NC(CCSC)C(=O)NC(CC(C)C)C(=O)NC(C(=O)O)C(C)O. The molecule has 0 saturated carbocycles. The first-order chi connectivity index (χ1) is 14.9. The minimum absolute atomic E-state index is 0.0140. The van der Waals surface area contributed by atoms with E-state index in [9.17, 15) is 29.4 Å². The Labute approximate surface area is 198 Å². The molecule has 0 rings (SSSR count). The van der Waals surface area contributed by atoms with Crippen molar-refractivity contribution < 1.29 is 29.4 Å². The highest BCUT2D eigenvalue weighted by atomic mass is 32.2. The molecular weight excluding hydrogens is 456 g/mol. The summed E-state index contributed by atoms with van der Waals surface area (Å²) < 4.78 is 0. The van der Waals surface area contributed by atoms with Crippen molar-refractivity contribution in [2.24, 2.45) is 11.7 Å². The number of hydrogen-bond acceptors (Lipinski definition) is 8. The van der Waals surface area contributed by atoms with E-state index in [0.29, 0.717) is 24.3 Å². The van der Waals surface area contributed by atoms with Crippen LogP contribution >= 0.6 is 23.5 Å². The van der Waals surface area contributed by atoms with Gasteiger partial charge in [-0.2, -0.15) is 23.5 Å². The Kier molecular flexibility index (Phi) is 15.4. The van der Waals surface area contributed by atoms with Crippen LogP contribution in [0.2, 0.25) is 0 Å². The molecule has 0 aromatic heterocycles. The zero-order chi connectivity index (χ0) is 24.8. The third-order valence-corrected chi connectivity index (χ3v) is 5.89. The number of amides is 3. The Morgan fingerprint density at radius 3 is 1.81 bits per heavy atom. The predicted molar refractivity (Wildman–Crippen MR) is 129 cm³/mol. The zero-order valence-corrected chi connectivity index (χ0v) is 21.1. The minimum Gasteiger partial charge on any atom is -0.480 e. The molecule has 0 spiro atoms. The third kappa shape index (κ3) is 11.9. The van der Waals surface area contributed by atoms with E-state index in [4.69, 9.17) is 5.73 Å². The van der Waals surface area contributed by atoms with Gasteiger partial charge in [0, 0.05) is 0 Å². The number of carbonyl (C=O) groups excluding carboxylic acids is 3. The van der Waals surface area contributed by atoms with E-state index in [1.807, 2.05) is 26.4 Å². The Morgan fingerprint density at radius 2 is 1.34 bits per heavy atom. The van der Waals surface area contributed by atoms with E-state index in [0.717, 1.165) is 0 Å². The molecule has 5 unspecified atom stereocenters. The van der Waals surface area contributed by atoms with Crippen molar-refractivity contribution in [1.82, 2.24) is 16.0 Å². The maximum atomic E-state index is 12.9. The first-order valence-corrected chi connectivity index (χ1v) is 13.3. The van der Waals surface area contributed by atoms with E-state index in [1.54, 1.807) is 11.8 Å². The van der Waals surface area contributed by atoms with Gasteiger partial charge in [0.25, 0.3) is 0 Å². The normalized spacial score (nSPS) is 15.9. The Hall–Kier alpha value is -1.50. The lowest BCUT2D eigenvalue weighted by molar-refractivity contribution is -0.145. The van der Waals surface area contributed by atoms with Crippen LogP contribution in [-0.2, 0) is 19.2 Å². The molecule has 0 radical (unpaired) electrons. The monoisotopic (exact) mass is 494 g/mol. The van der Waals surface area contributed by atoms with E-state index in [1.165, 1.54) is 18.7 Å². The van der Waals surface area contributed by atoms with Crippen LogP contribution in [0.25, 0.3) is 0 Å². The van der Waals surface area contributed by atoms with Gasteiger partial charge in [0.15, 0.2) is 6.04 Å². The summed E-state index contributed by atoms with van der Waals surface area (Å²) in [5.74, 6) is -1.76. The van der Waals surface area contributed by atoms with Crippen molar-refractivity contribution in [2.75, 3.05) is 24.0 Å². The fourth-order valence-electron chi connectivity index (χ4n) is 2.78. The molecule has 0 heterocycles. The van der Waals surface area contributed by atoms with Crippen molar-refractivity contribution in [3.05, 3.63) is 0 Å². The smallest absolute Gasteiger partial charge is 0.328 e. The highest BCUT2D eigenvalue weighted by Crippen LogP contribution is 2.09. The summed E-state index contributed by atoms with van der Waals surface area (Å²) in [7, 11) is 0. The van der Waals surface area contributed by atoms with Crippen molar-refractivity contribution in [2.45, 2.75) is 70.3 Å². The number of nitrogens with one attached hydrogen (secondary N) is 3. The molecule has 32 heavy (non-hydrogen) atoms. The lowest BCUT2D eigenvalue weighted by atomic mass is 10.0. The number of carboxylic acid groups (broad SMARTS) is 1. The van der Waals surface area contributed by atoms with E-state index in [-0.39, 0.29) is 12.3 Å². The molecule has 186 valence electrons. The molecule has 5 atom stereocenters. The average Bonchev–Trinajstić information content (AvgIpc) is 2.71. The quantitative estimate of drug-likeness (QED) is 0.170. The number of aliphatic hydroxyl groups excluding tert-OH is 1. The largest absolute Gasteiger partial charge is 0.480 e. The molecule has 0 aromatic rings. The lowest BCUT2D eigenvalue weighted by Gasteiger charge is -2.26. The van der Waals surface area contributed by atoms with Gasteiger partial charge >= 0.3 is 5.97 Å². The van der Waals surface area contributed by atoms with Crippen LogP contribution < -0.4 is 21.7 Å². The number of carbonyl (C=O) groups is 4. The van der Waals surface area contributed by atoms with Crippen LogP contribution in [0.15, 0.2) is 0 Å². The molecule has 0 aliphatic carbocycles. The molecule has 0 aliphatic heterocycles. The molecule has 7 N–H and O–H groups in total. The van der Waals surface area contributed by atoms with Gasteiger partial charge < -0.3 is 31.9 Å². The van der Waals surface area contributed by atoms with Crippen LogP contribution in [0.5, 0.6) is 0 Å². The standard InChI is InChI=1S/C20H38N4O6S2/c1-11(2)10-15(19(28)24-16(12(3)25)20(29)30)23-18(27)14(7-9-32-5)22-17(26)13(21)6-8-31-4/h11-16,25H,6-10,21H2,1-5H3,(H,22,26)(H,23,27)(H,24,28)(H,29,30). The van der Waals surface area contributed by atoms with Crippen LogP contribution in [-0.4, -0.2) is 88.2 Å². The highest BCUT2D eigenvalue weighted by Gasteiger charge is 2.32. The predicted octanol–water partition coefficient (Wildman–Crippen LogP) is -0.214. The minimum atomic E-state index is -1.50. The number of carboxylic acids is 1. The summed E-state index contributed by atoms with van der Waals surface area (Å²) in [6.45, 7) is 4.96. The second kappa shape index (κ2) is 16.2. The van der Waals surface area contributed by atoms with Gasteiger partial charge in [-0.1, -0.05) is 13.8 Å². The van der Waals surface area contributed by atoms with Crippen molar-refractivity contribution in [3.63, 3.8) is 0 Å².